The van der Waals surface area contributed by atoms with Crippen LogP contribution in [-0.2, 0) is 4.79 Å². The summed E-state index contributed by atoms with van der Waals surface area (Å²) >= 11 is 0. The number of rotatable bonds is 3. The Kier molecular flexibility index (Phi) is 2.86. The number of Topliss-reactive ketones (excluding diaryl/α,β-unsaturated/α-hetero) is 1. The molecule has 0 aliphatic carbocycles. The van der Waals surface area contributed by atoms with E-state index in [1.54, 1.807) is 22.9 Å². The second-order valence-electron chi connectivity index (χ2n) is 2.91. The van der Waals surface area contributed by atoms with Crippen LogP contribution in [-0.4, -0.2) is 10.4 Å². The quantitative estimate of drug-likeness (QED) is 0.706. The molecular formula is C10H12N2O. The number of nitrogens with zero attached hydrogens (tertiary/aromatic N) is 2. The van der Waals surface area contributed by atoms with E-state index in [2.05, 4.69) is 0 Å². The molecule has 1 unspecified atom stereocenters. The van der Waals surface area contributed by atoms with Crippen molar-refractivity contribution in [2.24, 2.45) is 0 Å². The Labute approximate surface area is 77.6 Å². The second-order valence-corrected chi connectivity index (χ2v) is 2.91. The molecule has 0 saturated carbocycles. The van der Waals surface area contributed by atoms with E-state index in [9.17, 15) is 4.79 Å². The highest BCUT2D eigenvalue weighted by Crippen LogP contribution is 2.12. The maximum absolute atomic E-state index is 11.3. The minimum absolute atomic E-state index is 0.146. The predicted molar refractivity (Wildman–Crippen MR) is 49.2 cm³/mol. The molecule has 1 atom stereocenters. The fourth-order valence-corrected chi connectivity index (χ4v) is 1.28. The van der Waals surface area contributed by atoms with Crippen molar-refractivity contribution in [3.63, 3.8) is 0 Å². The van der Waals surface area contributed by atoms with Gasteiger partial charge in [0.05, 0.1) is 6.04 Å². The molecule has 0 fully saturated rings. The Morgan fingerprint density at radius 1 is 1.77 bits per heavy atom. The van der Waals surface area contributed by atoms with Gasteiger partial charge in [0.2, 0.25) is 0 Å². The van der Waals surface area contributed by atoms with Crippen molar-refractivity contribution in [2.45, 2.75) is 26.3 Å². The van der Waals surface area contributed by atoms with E-state index in [1.807, 2.05) is 19.9 Å². The Bertz CT molecular complexity index is 346. The van der Waals surface area contributed by atoms with Crippen molar-refractivity contribution >= 4 is 5.78 Å². The number of carbonyl (C=O) groups excluding carboxylic acids is 1. The summed E-state index contributed by atoms with van der Waals surface area (Å²) < 4.78 is 1.70. The maximum atomic E-state index is 11.3. The lowest BCUT2D eigenvalue weighted by Crippen LogP contribution is -2.15. The van der Waals surface area contributed by atoms with Crippen molar-refractivity contribution in [1.29, 1.82) is 5.26 Å². The largest absolute Gasteiger partial charge is 0.329 e. The van der Waals surface area contributed by atoms with Gasteiger partial charge in [-0.05, 0) is 19.1 Å². The number of hydrogen-bond acceptors (Lipinski definition) is 2. The summed E-state index contributed by atoms with van der Waals surface area (Å²) in [5.74, 6) is 0.146. The van der Waals surface area contributed by atoms with Gasteiger partial charge in [0.15, 0.2) is 5.78 Å². The first-order valence-corrected chi connectivity index (χ1v) is 4.30. The van der Waals surface area contributed by atoms with Gasteiger partial charge < -0.3 is 4.57 Å². The molecule has 68 valence electrons. The van der Waals surface area contributed by atoms with E-state index >= 15 is 0 Å². The number of aromatic nitrogens is 1. The fraction of sp³-hybridized carbons (Fsp3) is 0.400. The topological polar surface area (TPSA) is 45.8 Å². The van der Waals surface area contributed by atoms with Gasteiger partial charge >= 0.3 is 0 Å². The Morgan fingerprint density at radius 2 is 2.46 bits per heavy atom. The number of ketones is 1. The van der Waals surface area contributed by atoms with Gasteiger partial charge in [-0.25, -0.2) is 0 Å². The molecule has 1 aromatic rings. The molecule has 3 nitrogen and oxygen atoms in total. The standard InChI is InChI=1S/C10H12N2O/c1-3-10(13)8(2)12-6-4-5-9(12)7-11/h4-6,8H,3H2,1-2H3. The molecule has 13 heavy (non-hydrogen) atoms. The van der Waals surface area contributed by atoms with Crippen molar-refractivity contribution in [3.05, 3.63) is 24.0 Å². The van der Waals surface area contributed by atoms with E-state index in [1.165, 1.54) is 0 Å². The third kappa shape index (κ3) is 1.78. The minimum atomic E-state index is -0.227. The van der Waals surface area contributed by atoms with Crippen LogP contribution in [0.2, 0.25) is 0 Å². The summed E-state index contributed by atoms with van der Waals surface area (Å²) in [6, 6.07) is 5.30. The lowest BCUT2D eigenvalue weighted by atomic mass is 10.1. The smallest absolute Gasteiger partial charge is 0.155 e. The summed E-state index contributed by atoms with van der Waals surface area (Å²) in [5.41, 5.74) is 0.536. The molecule has 0 saturated heterocycles. The fourth-order valence-electron chi connectivity index (χ4n) is 1.28. The number of carbonyl (C=O) groups is 1. The first-order valence-electron chi connectivity index (χ1n) is 4.30. The van der Waals surface area contributed by atoms with Crippen LogP contribution in [0.1, 0.15) is 32.0 Å². The molecule has 0 N–H and O–H groups in total. The first kappa shape index (κ1) is 9.53. The third-order valence-corrected chi connectivity index (χ3v) is 2.13. The van der Waals surface area contributed by atoms with Gasteiger partial charge in [0.25, 0.3) is 0 Å². The normalized spacial score (nSPS) is 12.1. The van der Waals surface area contributed by atoms with Crippen LogP contribution < -0.4 is 0 Å². The van der Waals surface area contributed by atoms with Crippen LogP contribution >= 0.6 is 0 Å². The summed E-state index contributed by atoms with van der Waals surface area (Å²) in [6.07, 6.45) is 2.26. The molecule has 3 heteroatoms. The number of nitriles is 1. The highest BCUT2D eigenvalue weighted by molar-refractivity contribution is 5.82. The summed E-state index contributed by atoms with van der Waals surface area (Å²) in [4.78, 5) is 11.3. The van der Waals surface area contributed by atoms with Crippen molar-refractivity contribution in [3.8, 4) is 6.07 Å². The molecular weight excluding hydrogens is 164 g/mol. The summed E-state index contributed by atoms with van der Waals surface area (Å²) in [7, 11) is 0. The first-order chi connectivity index (χ1) is 6.20. The third-order valence-electron chi connectivity index (χ3n) is 2.13. The van der Waals surface area contributed by atoms with E-state index in [0.29, 0.717) is 12.1 Å². The molecule has 0 spiro atoms. The van der Waals surface area contributed by atoms with Crippen LogP contribution in [0.3, 0.4) is 0 Å². The van der Waals surface area contributed by atoms with Crippen LogP contribution in [0.4, 0.5) is 0 Å². The van der Waals surface area contributed by atoms with Crippen LogP contribution in [0.15, 0.2) is 18.3 Å². The monoisotopic (exact) mass is 176 g/mol. The molecule has 1 aromatic heterocycles. The van der Waals surface area contributed by atoms with E-state index in [-0.39, 0.29) is 11.8 Å². The Balaban J connectivity index is 2.95. The van der Waals surface area contributed by atoms with Crippen LogP contribution in [0, 0.1) is 11.3 Å². The summed E-state index contributed by atoms with van der Waals surface area (Å²) in [5, 5.41) is 8.73. The molecule has 0 aromatic carbocycles. The van der Waals surface area contributed by atoms with E-state index < -0.39 is 0 Å². The Morgan fingerprint density at radius 3 is 3.00 bits per heavy atom. The van der Waals surface area contributed by atoms with Gasteiger partial charge in [-0.15, -0.1) is 0 Å². The highest BCUT2D eigenvalue weighted by atomic mass is 16.1. The van der Waals surface area contributed by atoms with Crippen LogP contribution in [0.5, 0.6) is 0 Å². The predicted octanol–water partition coefficient (Wildman–Crippen LogP) is 1.90. The zero-order chi connectivity index (χ0) is 9.84. The molecule has 0 aliphatic heterocycles. The maximum Gasteiger partial charge on any atom is 0.155 e. The van der Waals surface area contributed by atoms with Gasteiger partial charge in [-0.1, -0.05) is 6.92 Å². The minimum Gasteiger partial charge on any atom is -0.329 e. The van der Waals surface area contributed by atoms with Crippen molar-refractivity contribution in [2.75, 3.05) is 0 Å². The van der Waals surface area contributed by atoms with Gasteiger partial charge in [0.1, 0.15) is 11.8 Å². The SMILES string of the molecule is CCC(=O)C(C)n1cccc1C#N. The van der Waals surface area contributed by atoms with Crippen LogP contribution in [0.25, 0.3) is 0 Å². The second kappa shape index (κ2) is 3.90. The molecule has 0 radical (unpaired) electrons. The zero-order valence-electron chi connectivity index (χ0n) is 7.82. The highest BCUT2D eigenvalue weighted by Gasteiger charge is 2.14. The molecule has 1 rings (SSSR count). The van der Waals surface area contributed by atoms with Gasteiger partial charge in [0, 0.05) is 12.6 Å². The molecule has 0 aliphatic rings. The molecule has 0 amide bonds. The zero-order valence-corrected chi connectivity index (χ0v) is 7.82. The van der Waals surface area contributed by atoms with Crippen molar-refractivity contribution in [1.82, 2.24) is 4.57 Å². The van der Waals surface area contributed by atoms with Crippen molar-refractivity contribution < 1.29 is 4.79 Å². The van der Waals surface area contributed by atoms with E-state index in [0.717, 1.165) is 0 Å². The number of hydrogen-bond donors (Lipinski definition) is 0. The Hall–Kier alpha value is -1.56. The van der Waals surface area contributed by atoms with Gasteiger partial charge in [-0.2, -0.15) is 5.26 Å². The average molecular weight is 176 g/mol. The lowest BCUT2D eigenvalue weighted by Gasteiger charge is -2.12. The van der Waals surface area contributed by atoms with Gasteiger partial charge in [-0.3, -0.25) is 4.79 Å². The van der Waals surface area contributed by atoms with E-state index in [4.69, 9.17) is 5.26 Å². The molecule has 1 heterocycles. The average Bonchev–Trinajstić information content (AvgIpc) is 2.62. The summed E-state index contributed by atoms with van der Waals surface area (Å²) in [6.45, 7) is 3.64. The molecule has 0 bridgehead atoms. The lowest BCUT2D eigenvalue weighted by molar-refractivity contribution is -0.121.